The number of phenols is 1. The molecule has 0 amide bonds. The molecule has 1 heterocycles. The van der Waals surface area contributed by atoms with Crippen LogP contribution in [0.15, 0.2) is 0 Å². The van der Waals surface area contributed by atoms with Gasteiger partial charge in [-0.05, 0) is 65.5 Å². The van der Waals surface area contributed by atoms with Crippen molar-refractivity contribution in [3.05, 3.63) is 22.3 Å². The Morgan fingerprint density at radius 3 is 2.23 bits per heavy atom. The first-order chi connectivity index (χ1) is 12.3. The zero-order chi connectivity index (χ0) is 19.5. The van der Waals surface area contributed by atoms with Gasteiger partial charge in [-0.15, -0.1) is 0 Å². The first-order valence-corrected chi connectivity index (χ1v) is 10.7. The minimum absolute atomic E-state index is 0.110. The second kappa shape index (κ2) is 8.65. The summed E-state index contributed by atoms with van der Waals surface area (Å²) in [6.45, 7) is 17.5. The maximum atomic E-state index is 10.7. The van der Waals surface area contributed by atoms with Crippen molar-refractivity contribution in [1.82, 2.24) is 0 Å². The molecular formula is C23H40NO2+. The normalized spacial score (nSPS) is 22.4. The zero-order valence-electron chi connectivity index (χ0n) is 18.1. The number of quaternary nitrogens is 1. The molecule has 1 aliphatic heterocycles. The van der Waals surface area contributed by atoms with Gasteiger partial charge in [-0.2, -0.15) is 0 Å². The lowest BCUT2D eigenvalue weighted by molar-refractivity contribution is -0.930. The van der Waals surface area contributed by atoms with Crippen LogP contribution >= 0.6 is 0 Å². The molecule has 2 N–H and O–H groups in total. The molecule has 2 atom stereocenters. The van der Waals surface area contributed by atoms with Gasteiger partial charge in [0.25, 0.3) is 0 Å². The molecule has 0 bridgehead atoms. The van der Waals surface area contributed by atoms with Crippen LogP contribution in [0.2, 0.25) is 0 Å². The fourth-order valence-corrected chi connectivity index (χ4v) is 4.67. The van der Waals surface area contributed by atoms with Gasteiger partial charge in [0.05, 0.1) is 18.7 Å². The lowest BCUT2D eigenvalue weighted by Gasteiger charge is -2.43. The summed E-state index contributed by atoms with van der Waals surface area (Å²) in [6.07, 6.45) is 7.24. The van der Waals surface area contributed by atoms with Gasteiger partial charge in [0, 0.05) is 12.0 Å². The van der Waals surface area contributed by atoms with E-state index in [1.54, 1.807) is 4.90 Å². The molecule has 26 heavy (non-hydrogen) atoms. The number of nitrogens with one attached hydrogen (secondary N) is 1. The second-order valence-corrected chi connectivity index (χ2v) is 8.45. The van der Waals surface area contributed by atoms with E-state index < -0.39 is 0 Å². The Kier molecular flexibility index (Phi) is 7.01. The fraction of sp³-hybridized carbons (Fsp3) is 0.739. The zero-order valence-corrected chi connectivity index (χ0v) is 18.1. The highest BCUT2D eigenvalue weighted by molar-refractivity contribution is 5.59. The van der Waals surface area contributed by atoms with Crippen LogP contribution in [-0.2, 0) is 0 Å². The van der Waals surface area contributed by atoms with Crippen LogP contribution in [0.3, 0.4) is 0 Å². The van der Waals surface area contributed by atoms with E-state index >= 15 is 0 Å². The molecule has 1 aliphatic rings. The Labute approximate surface area is 160 Å². The highest BCUT2D eigenvalue weighted by atomic mass is 16.5. The molecule has 2 rings (SSSR count). The smallest absolute Gasteiger partial charge is 0.132 e. The number of benzene rings is 1. The molecule has 0 aliphatic carbocycles. The summed E-state index contributed by atoms with van der Waals surface area (Å²) in [5.41, 5.74) is 4.22. The molecule has 0 fully saturated rings. The van der Waals surface area contributed by atoms with Crippen LogP contribution in [0.5, 0.6) is 11.5 Å². The predicted molar refractivity (Wildman–Crippen MR) is 110 cm³/mol. The first kappa shape index (κ1) is 21.1. The summed E-state index contributed by atoms with van der Waals surface area (Å²) in [5, 5.41) is 10.7. The molecule has 0 saturated heterocycles. The summed E-state index contributed by atoms with van der Waals surface area (Å²) in [4.78, 5) is 1.58. The maximum absolute atomic E-state index is 10.7. The Morgan fingerprint density at radius 1 is 1.00 bits per heavy atom. The molecule has 148 valence electrons. The van der Waals surface area contributed by atoms with Crippen LogP contribution in [0.1, 0.15) is 94.5 Å². The Bertz CT molecular complexity index is 621. The minimum Gasteiger partial charge on any atom is -0.507 e. The summed E-state index contributed by atoms with van der Waals surface area (Å²) in [7, 11) is 0. The van der Waals surface area contributed by atoms with Gasteiger partial charge in [0.1, 0.15) is 23.1 Å². The standard InChI is InChI=1S/C23H39NO2/c1-8-11-12-13-14-23(7)15-19(24(9-2)10-3)20-18(6)21(25)16(4)17(5)22(20)26-23/h19,25H,8-15H2,1-7H3/p+1. The van der Waals surface area contributed by atoms with Gasteiger partial charge in [-0.1, -0.05) is 26.2 Å². The number of ether oxygens (including phenoxy) is 1. The number of fused-ring (bicyclic) bond motifs is 1. The molecule has 2 unspecified atom stereocenters. The number of hydrogen-bond acceptors (Lipinski definition) is 2. The van der Waals surface area contributed by atoms with E-state index in [2.05, 4.69) is 41.5 Å². The predicted octanol–water partition coefficient (Wildman–Crippen LogP) is 4.79. The van der Waals surface area contributed by atoms with Gasteiger partial charge in [0.15, 0.2) is 0 Å². The lowest BCUT2D eigenvalue weighted by Crippen LogP contribution is -3.12. The highest BCUT2D eigenvalue weighted by Crippen LogP contribution is 2.47. The van der Waals surface area contributed by atoms with Crippen molar-refractivity contribution in [2.24, 2.45) is 0 Å². The van der Waals surface area contributed by atoms with Crippen LogP contribution in [0.25, 0.3) is 0 Å². The Morgan fingerprint density at radius 2 is 1.65 bits per heavy atom. The van der Waals surface area contributed by atoms with Crippen molar-refractivity contribution in [3.63, 3.8) is 0 Å². The second-order valence-electron chi connectivity index (χ2n) is 8.45. The van der Waals surface area contributed by atoms with Crippen LogP contribution < -0.4 is 9.64 Å². The fourth-order valence-electron chi connectivity index (χ4n) is 4.67. The number of phenolic OH excluding ortho intramolecular Hbond substituents is 1. The van der Waals surface area contributed by atoms with E-state index in [9.17, 15) is 5.11 Å². The Hall–Kier alpha value is -1.22. The third-order valence-corrected chi connectivity index (χ3v) is 6.56. The van der Waals surface area contributed by atoms with Crippen LogP contribution in [0, 0.1) is 20.8 Å². The molecule has 0 aromatic heterocycles. The molecule has 0 saturated carbocycles. The molecular weight excluding hydrogens is 322 g/mol. The van der Waals surface area contributed by atoms with Crippen molar-refractivity contribution < 1.29 is 14.7 Å². The van der Waals surface area contributed by atoms with Gasteiger partial charge in [0.2, 0.25) is 0 Å². The van der Waals surface area contributed by atoms with E-state index in [0.29, 0.717) is 11.8 Å². The lowest BCUT2D eigenvalue weighted by atomic mass is 9.80. The molecule has 1 aromatic rings. The van der Waals surface area contributed by atoms with Gasteiger partial charge >= 0.3 is 0 Å². The van der Waals surface area contributed by atoms with E-state index in [1.165, 1.54) is 31.2 Å². The van der Waals surface area contributed by atoms with E-state index in [0.717, 1.165) is 48.4 Å². The minimum atomic E-state index is -0.110. The van der Waals surface area contributed by atoms with Crippen molar-refractivity contribution in [2.45, 2.75) is 98.6 Å². The SMILES string of the molecule is CCCCCCC1(C)CC([NH+](CC)CC)c2c(C)c(O)c(C)c(C)c2O1. The monoisotopic (exact) mass is 362 g/mol. The number of hydrogen-bond donors (Lipinski definition) is 2. The van der Waals surface area contributed by atoms with Crippen molar-refractivity contribution in [2.75, 3.05) is 13.1 Å². The van der Waals surface area contributed by atoms with E-state index in [4.69, 9.17) is 4.74 Å². The van der Waals surface area contributed by atoms with E-state index in [-0.39, 0.29) is 5.60 Å². The van der Waals surface area contributed by atoms with Gasteiger partial charge < -0.3 is 14.7 Å². The summed E-state index contributed by atoms with van der Waals surface area (Å²) < 4.78 is 6.69. The quantitative estimate of drug-likeness (QED) is 0.652. The average molecular weight is 363 g/mol. The van der Waals surface area contributed by atoms with E-state index in [1.807, 2.05) is 6.92 Å². The number of aromatic hydroxyl groups is 1. The molecule has 3 nitrogen and oxygen atoms in total. The van der Waals surface area contributed by atoms with Crippen LogP contribution in [-0.4, -0.2) is 23.8 Å². The molecule has 0 radical (unpaired) electrons. The molecule has 0 spiro atoms. The molecule has 3 heteroatoms. The third kappa shape index (κ3) is 4.03. The Balaban J connectivity index is 2.46. The average Bonchev–Trinajstić information content (AvgIpc) is 2.62. The summed E-state index contributed by atoms with van der Waals surface area (Å²) in [5.74, 6) is 1.50. The summed E-state index contributed by atoms with van der Waals surface area (Å²) in [6, 6.07) is 0.398. The van der Waals surface area contributed by atoms with Gasteiger partial charge in [-0.25, -0.2) is 0 Å². The highest BCUT2D eigenvalue weighted by Gasteiger charge is 2.43. The van der Waals surface area contributed by atoms with Crippen molar-refractivity contribution >= 4 is 0 Å². The topological polar surface area (TPSA) is 33.9 Å². The first-order valence-electron chi connectivity index (χ1n) is 10.7. The third-order valence-electron chi connectivity index (χ3n) is 6.56. The van der Waals surface area contributed by atoms with Crippen LogP contribution in [0.4, 0.5) is 0 Å². The summed E-state index contributed by atoms with van der Waals surface area (Å²) >= 11 is 0. The molecule has 1 aromatic carbocycles. The van der Waals surface area contributed by atoms with Gasteiger partial charge in [-0.3, -0.25) is 0 Å². The van der Waals surface area contributed by atoms with Crippen molar-refractivity contribution in [1.29, 1.82) is 0 Å². The van der Waals surface area contributed by atoms with Crippen molar-refractivity contribution in [3.8, 4) is 11.5 Å². The largest absolute Gasteiger partial charge is 0.507 e. The maximum Gasteiger partial charge on any atom is 0.132 e. The number of unbranched alkanes of at least 4 members (excludes halogenated alkanes) is 3. The number of rotatable bonds is 8.